The Morgan fingerprint density at radius 3 is 2.44 bits per heavy atom. The van der Waals surface area contributed by atoms with Crippen molar-refractivity contribution in [3.8, 4) is 0 Å². The molecule has 32 heavy (non-hydrogen) atoms. The molecule has 1 amide bonds. The molecular formula is C23H31N3O5S. The van der Waals surface area contributed by atoms with Crippen molar-refractivity contribution in [2.45, 2.75) is 51.2 Å². The van der Waals surface area contributed by atoms with Crippen LogP contribution in [-0.4, -0.2) is 53.8 Å². The lowest BCUT2D eigenvalue weighted by atomic mass is 10.0. The summed E-state index contributed by atoms with van der Waals surface area (Å²) in [5.41, 5.74) is 4.38. The highest BCUT2D eigenvalue weighted by Crippen LogP contribution is 2.24. The van der Waals surface area contributed by atoms with Gasteiger partial charge in [-0.1, -0.05) is 44.2 Å². The highest BCUT2D eigenvalue weighted by Gasteiger charge is 2.33. The van der Waals surface area contributed by atoms with E-state index in [-0.39, 0.29) is 6.10 Å². The van der Waals surface area contributed by atoms with Gasteiger partial charge in [0.15, 0.2) is 0 Å². The SMILES string of the molecule is CC(C)c1ccc(COC2CCN(S(=O)(=O)C[C@@H](C(=O)NO)c3cccnc3)CC2)cc1. The van der Waals surface area contributed by atoms with Crippen molar-refractivity contribution >= 4 is 15.9 Å². The molecule has 0 unspecified atom stereocenters. The molecule has 0 spiro atoms. The number of piperidine rings is 1. The van der Waals surface area contributed by atoms with Crippen molar-refractivity contribution < 1.29 is 23.2 Å². The quantitative estimate of drug-likeness (QED) is 0.439. The summed E-state index contributed by atoms with van der Waals surface area (Å²) < 4.78 is 33.3. The predicted octanol–water partition coefficient (Wildman–Crippen LogP) is 2.81. The number of benzene rings is 1. The Morgan fingerprint density at radius 2 is 1.88 bits per heavy atom. The molecule has 1 saturated heterocycles. The number of hydroxylamine groups is 1. The molecule has 2 N–H and O–H groups in total. The number of amides is 1. The van der Waals surface area contributed by atoms with E-state index in [1.807, 2.05) is 0 Å². The van der Waals surface area contributed by atoms with Gasteiger partial charge in [0.1, 0.15) is 0 Å². The summed E-state index contributed by atoms with van der Waals surface area (Å²) in [7, 11) is -3.71. The van der Waals surface area contributed by atoms with Crippen LogP contribution >= 0.6 is 0 Å². The Balaban J connectivity index is 1.54. The molecule has 1 fully saturated rings. The number of rotatable bonds is 9. The fourth-order valence-electron chi connectivity index (χ4n) is 3.79. The smallest absolute Gasteiger partial charge is 0.252 e. The Labute approximate surface area is 189 Å². The number of hydrogen-bond donors (Lipinski definition) is 2. The van der Waals surface area contributed by atoms with Crippen LogP contribution in [0.1, 0.15) is 55.2 Å². The van der Waals surface area contributed by atoms with Crippen LogP contribution < -0.4 is 5.48 Å². The van der Waals surface area contributed by atoms with Gasteiger partial charge in [0.05, 0.1) is 24.4 Å². The Hall–Kier alpha value is -2.33. The number of nitrogens with zero attached hydrogens (tertiary/aromatic N) is 2. The van der Waals surface area contributed by atoms with E-state index in [1.165, 1.54) is 22.3 Å². The third-order valence-corrected chi connectivity index (χ3v) is 7.72. The Bertz CT molecular complexity index is 972. The van der Waals surface area contributed by atoms with Gasteiger partial charge in [0.2, 0.25) is 10.0 Å². The zero-order chi connectivity index (χ0) is 23.1. The molecule has 1 aromatic carbocycles. The third kappa shape index (κ3) is 6.35. The summed E-state index contributed by atoms with van der Waals surface area (Å²) in [5.74, 6) is -1.76. The minimum absolute atomic E-state index is 0.0129. The molecule has 174 valence electrons. The molecule has 1 atom stereocenters. The molecule has 2 heterocycles. The van der Waals surface area contributed by atoms with E-state index >= 15 is 0 Å². The van der Waals surface area contributed by atoms with E-state index in [4.69, 9.17) is 9.94 Å². The second-order valence-electron chi connectivity index (χ2n) is 8.40. The molecule has 8 nitrogen and oxygen atoms in total. The lowest BCUT2D eigenvalue weighted by Crippen LogP contribution is -2.44. The molecule has 3 rings (SSSR count). The number of sulfonamides is 1. The van der Waals surface area contributed by atoms with Gasteiger partial charge in [-0.25, -0.2) is 18.2 Å². The van der Waals surface area contributed by atoms with Gasteiger partial charge in [-0.2, -0.15) is 0 Å². The largest absolute Gasteiger partial charge is 0.373 e. The maximum Gasteiger partial charge on any atom is 0.252 e. The normalized spacial score (nSPS) is 16.8. The van der Waals surface area contributed by atoms with Crippen molar-refractivity contribution in [3.63, 3.8) is 0 Å². The fraction of sp³-hybridized carbons (Fsp3) is 0.478. The van der Waals surface area contributed by atoms with Crippen LogP contribution in [0.2, 0.25) is 0 Å². The van der Waals surface area contributed by atoms with E-state index < -0.39 is 27.6 Å². The van der Waals surface area contributed by atoms with Crippen molar-refractivity contribution in [1.82, 2.24) is 14.8 Å². The van der Waals surface area contributed by atoms with Gasteiger partial charge in [0.25, 0.3) is 5.91 Å². The first-order valence-corrected chi connectivity index (χ1v) is 12.4. The molecule has 2 aromatic rings. The number of aromatic nitrogens is 1. The summed E-state index contributed by atoms with van der Waals surface area (Å²) in [6, 6.07) is 11.6. The first-order valence-electron chi connectivity index (χ1n) is 10.8. The summed E-state index contributed by atoms with van der Waals surface area (Å²) in [4.78, 5) is 16.1. The molecule has 0 bridgehead atoms. The second-order valence-corrected chi connectivity index (χ2v) is 10.4. The summed E-state index contributed by atoms with van der Waals surface area (Å²) in [6.07, 6.45) is 4.14. The standard InChI is InChI=1S/C23H31N3O5S/c1-17(2)19-7-5-18(6-8-19)15-31-21-9-12-26(13-10-21)32(29,30)16-22(23(27)25-28)20-4-3-11-24-14-20/h3-8,11,14,17,21-22,28H,9-10,12-13,15-16H2,1-2H3,(H,25,27)/t22-/m1/s1. The molecule has 9 heteroatoms. The fourth-order valence-corrected chi connectivity index (χ4v) is 5.53. The van der Waals surface area contributed by atoms with Gasteiger partial charge < -0.3 is 4.74 Å². The predicted molar refractivity (Wildman–Crippen MR) is 121 cm³/mol. The van der Waals surface area contributed by atoms with Gasteiger partial charge in [0, 0.05) is 25.5 Å². The third-order valence-electron chi connectivity index (χ3n) is 5.82. The molecular weight excluding hydrogens is 430 g/mol. The zero-order valence-corrected chi connectivity index (χ0v) is 19.3. The average molecular weight is 462 g/mol. The first kappa shape index (κ1) is 24.3. The van der Waals surface area contributed by atoms with Crippen LogP contribution in [0.4, 0.5) is 0 Å². The number of hydrogen-bond acceptors (Lipinski definition) is 6. The number of ether oxygens (including phenoxy) is 1. The maximum absolute atomic E-state index is 13.0. The van der Waals surface area contributed by atoms with Gasteiger partial charge in [-0.05, 0) is 41.5 Å². The van der Waals surface area contributed by atoms with Crippen molar-refractivity contribution in [3.05, 3.63) is 65.5 Å². The first-order chi connectivity index (χ1) is 15.3. The second kappa shape index (κ2) is 11.0. The summed E-state index contributed by atoms with van der Waals surface area (Å²) in [6.45, 7) is 5.47. The molecule has 1 aromatic heterocycles. The van der Waals surface area contributed by atoms with Gasteiger partial charge in [-0.3, -0.25) is 15.0 Å². The minimum Gasteiger partial charge on any atom is -0.373 e. The lowest BCUT2D eigenvalue weighted by molar-refractivity contribution is -0.130. The van der Waals surface area contributed by atoms with Crippen LogP contribution in [-0.2, 0) is 26.2 Å². The number of carbonyl (C=O) groups is 1. The van der Waals surface area contributed by atoms with Crippen LogP contribution in [0.25, 0.3) is 0 Å². The molecule has 0 radical (unpaired) electrons. The number of pyridine rings is 1. The van der Waals surface area contributed by atoms with Crippen LogP contribution in [0.5, 0.6) is 0 Å². The van der Waals surface area contributed by atoms with E-state index in [0.29, 0.717) is 44.0 Å². The molecule has 0 saturated carbocycles. The van der Waals surface area contributed by atoms with E-state index in [0.717, 1.165) is 5.56 Å². The number of nitrogens with one attached hydrogen (secondary N) is 1. The molecule has 1 aliphatic heterocycles. The summed E-state index contributed by atoms with van der Waals surface area (Å²) in [5, 5.41) is 9.06. The topological polar surface area (TPSA) is 109 Å². The Kier molecular flexibility index (Phi) is 8.36. The van der Waals surface area contributed by atoms with E-state index in [9.17, 15) is 13.2 Å². The Morgan fingerprint density at radius 1 is 1.19 bits per heavy atom. The lowest BCUT2D eigenvalue weighted by Gasteiger charge is -2.32. The van der Waals surface area contributed by atoms with Crippen molar-refractivity contribution in [1.29, 1.82) is 0 Å². The average Bonchev–Trinajstić information content (AvgIpc) is 2.82. The zero-order valence-electron chi connectivity index (χ0n) is 18.5. The molecule has 0 aliphatic carbocycles. The molecule has 1 aliphatic rings. The highest BCUT2D eigenvalue weighted by molar-refractivity contribution is 7.89. The maximum atomic E-state index is 13.0. The highest BCUT2D eigenvalue weighted by atomic mass is 32.2. The van der Waals surface area contributed by atoms with Crippen LogP contribution in [0.3, 0.4) is 0 Å². The van der Waals surface area contributed by atoms with Crippen molar-refractivity contribution in [2.24, 2.45) is 0 Å². The number of carbonyl (C=O) groups excluding carboxylic acids is 1. The van der Waals surface area contributed by atoms with Crippen LogP contribution in [0.15, 0.2) is 48.8 Å². The summed E-state index contributed by atoms with van der Waals surface area (Å²) >= 11 is 0. The minimum atomic E-state index is -3.71. The van der Waals surface area contributed by atoms with Gasteiger partial charge >= 0.3 is 0 Å². The monoisotopic (exact) mass is 461 g/mol. The van der Waals surface area contributed by atoms with Gasteiger partial charge in [-0.15, -0.1) is 0 Å². The van der Waals surface area contributed by atoms with E-state index in [1.54, 1.807) is 17.6 Å². The van der Waals surface area contributed by atoms with Crippen molar-refractivity contribution in [2.75, 3.05) is 18.8 Å². The van der Waals surface area contributed by atoms with Crippen LogP contribution in [0, 0.1) is 0 Å². The van der Waals surface area contributed by atoms with E-state index in [2.05, 4.69) is 43.1 Å².